The van der Waals surface area contributed by atoms with E-state index in [1.807, 2.05) is 43.0 Å². The van der Waals surface area contributed by atoms with Crippen LogP contribution in [0.2, 0.25) is 0 Å². The maximum absolute atomic E-state index is 11.3. The molecule has 1 N–H and O–H groups in total. The maximum Gasteiger partial charge on any atom is 0.323 e. The minimum atomic E-state index is -0.831. The third-order valence-corrected chi connectivity index (χ3v) is 3.63. The molecule has 5 nitrogen and oxygen atoms in total. The van der Waals surface area contributed by atoms with Crippen molar-refractivity contribution in [2.75, 3.05) is 26.4 Å². The summed E-state index contributed by atoms with van der Waals surface area (Å²) in [6.07, 6.45) is 0. The van der Waals surface area contributed by atoms with E-state index in [1.165, 1.54) is 0 Å². The molecule has 2 atom stereocenters. The Hall–Kier alpha value is -1.59. The quantitative estimate of drug-likeness (QED) is 0.892. The highest BCUT2D eigenvalue weighted by Crippen LogP contribution is 2.26. The minimum Gasteiger partial charge on any atom is -0.494 e. The molecule has 1 aromatic carbocycles. The van der Waals surface area contributed by atoms with Crippen LogP contribution in [0.1, 0.15) is 25.5 Å². The normalized spacial score (nSPS) is 21.4. The van der Waals surface area contributed by atoms with Gasteiger partial charge in [-0.25, -0.2) is 0 Å². The molecule has 0 aromatic heterocycles. The van der Waals surface area contributed by atoms with Crippen LogP contribution in [-0.4, -0.2) is 48.4 Å². The number of carbonyl (C=O) groups is 1. The van der Waals surface area contributed by atoms with E-state index in [-0.39, 0.29) is 12.6 Å². The lowest BCUT2D eigenvalue weighted by molar-refractivity contribution is -0.151. The van der Waals surface area contributed by atoms with Crippen molar-refractivity contribution in [1.29, 1.82) is 0 Å². The first kappa shape index (κ1) is 14.8. The SMILES string of the molecule is CCOc1ccc(C(C)N2CCOCC2C(=O)O)cc1. The monoisotopic (exact) mass is 279 g/mol. The van der Waals surface area contributed by atoms with Crippen LogP contribution in [0.15, 0.2) is 24.3 Å². The summed E-state index contributed by atoms with van der Waals surface area (Å²) in [4.78, 5) is 13.3. The first-order valence-electron chi connectivity index (χ1n) is 6.92. The van der Waals surface area contributed by atoms with Gasteiger partial charge in [-0.05, 0) is 31.5 Å². The zero-order valence-electron chi connectivity index (χ0n) is 11.9. The number of nitrogens with zero attached hydrogens (tertiary/aromatic N) is 1. The number of carboxylic acid groups (broad SMARTS) is 1. The van der Waals surface area contributed by atoms with Gasteiger partial charge in [-0.15, -0.1) is 0 Å². The molecule has 110 valence electrons. The topological polar surface area (TPSA) is 59.0 Å². The molecule has 1 aliphatic rings. The van der Waals surface area contributed by atoms with Crippen molar-refractivity contribution in [3.63, 3.8) is 0 Å². The Balaban J connectivity index is 2.12. The van der Waals surface area contributed by atoms with Crippen molar-refractivity contribution in [3.8, 4) is 5.75 Å². The molecule has 0 amide bonds. The lowest BCUT2D eigenvalue weighted by atomic mass is 10.0. The molecule has 1 aliphatic heterocycles. The molecule has 0 radical (unpaired) electrons. The summed E-state index contributed by atoms with van der Waals surface area (Å²) < 4.78 is 10.7. The fraction of sp³-hybridized carbons (Fsp3) is 0.533. The maximum atomic E-state index is 11.3. The Labute approximate surface area is 119 Å². The first-order valence-corrected chi connectivity index (χ1v) is 6.92. The van der Waals surface area contributed by atoms with E-state index in [4.69, 9.17) is 9.47 Å². The highest BCUT2D eigenvalue weighted by Gasteiger charge is 2.32. The Kier molecular flexibility index (Phi) is 4.98. The van der Waals surface area contributed by atoms with Crippen LogP contribution in [0.4, 0.5) is 0 Å². The first-order chi connectivity index (χ1) is 9.63. The number of aliphatic carboxylic acids is 1. The molecule has 1 saturated heterocycles. The average Bonchev–Trinajstić information content (AvgIpc) is 2.47. The average molecular weight is 279 g/mol. The molecule has 2 unspecified atom stereocenters. The summed E-state index contributed by atoms with van der Waals surface area (Å²) in [6, 6.07) is 7.28. The van der Waals surface area contributed by atoms with Gasteiger partial charge in [0.05, 0.1) is 19.8 Å². The van der Waals surface area contributed by atoms with Crippen LogP contribution in [0.3, 0.4) is 0 Å². The van der Waals surface area contributed by atoms with Gasteiger partial charge in [0, 0.05) is 12.6 Å². The lowest BCUT2D eigenvalue weighted by Gasteiger charge is -2.37. The Bertz CT molecular complexity index is 446. The number of morpholine rings is 1. The van der Waals surface area contributed by atoms with E-state index >= 15 is 0 Å². The molecule has 1 heterocycles. The summed E-state index contributed by atoms with van der Waals surface area (Å²) in [5, 5.41) is 9.28. The van der Waals surface area contributed by atoms with Crippen molar-refractivity contribution in [2.24, 2.45) is 0 Å². The van der Waals surface area contributed by atoms with E-state index in [1.54, 1.807) is 0 Å². The van der Waals surface area contributed by atoms with Crippen molar-refractivity contribution in [3.05, 3.63) is 29.8 Å². The number of carboxylic acids is 1. The predicted octanol–water partition coefficient (Wildman–Crippen LogP) is 1.93. The second kappa shape index (κ2) is 6.72. The third-order valence-electron chi connectivity index (χ3n) is 3.63. The zero-order chi connectivity index (χ0) is 14.5. The molecule has 0 spiro atoms. The number of benzene rings is 1. The van der Waals surface area contributed by atoms with Crippen molar-refractivity contribution < 1.29 is 19.4 Å². The molecule has 0 aliphatic carbocycles. The fourth-order valence-corrected chi connectivity index (χ4v) is 2.49. The number of ether oxygens (including phenoxy) is 2. The largest absolute Gasteiger partial charge is 0.494 e. The highest BCUT2D eigenvalue weighted by atomic mass is 16.5. The van der Waals surface area contributed by atoms with Gasteiger partial charge < -0.3 is 14.6 Å². The summed E-state index contributed by atoms with van der Waals surface area (Å²) in [7, 11) is 0. The smallest absolute Gasteiger partial charge is 0.323 e. The van der Waals surface area contributed by atoms with Gasteiger partial charge in [0.15, 0.2) is 0 Å². The van der Waals surface area contributed by atoms with E-state index in [0.29, 0.717) is 19.8 Å². The van der Waals surface area contributed by atoms with Crippen LogP contribution < -0.4 is 4.74 Å². The molecule has 5 heteroatoms. The molecular weight excluding hydrogens is 258 g/mol. The second-order valence-corrected chi connectivity index (χ2v) is 4.84. The van der Waals surface area contributed by atoms with Crippen LogP contribution in [0.5, 0.6) is 5.75 Å². The van der Waals surface area contributed by atoms with Crippen molar-refractivity contribution in [2.45, 2.75) is 25.9 Å². The molecule has 20 heavy (non-hydrogen) atoms. The van der Waals surface area contributed by atoms with Gasteiger partial charge in [0.25, 0.3) is 0 Å². The molecule has 0 saturated carbocycles. The molecule has 0 bridgehead atoms. The van der Waals surface area contributed by atoms with Gasteiger partial charge in [0.2, 0.25) is 0 Å². The minimum absolute atomic E-state index is 0.0377. The summed E-state index contributed by atoms with van der Waals surface area (Å²) in [5.41, 5.74) is 1.08. The van der Waals surface area contributed by atoms with Gasteiger partial charge in [0.1, 0.15) is 11.8 Å². The standard InChI is InChI=1S/C15H21NO4/c1-3-20-13-6-4-12(5-7-13)11(2)16-8-9-19-10-14(16)15(17)18/h4-7,11,14H,3,8-10H2,1-2H3,(H,17,18). The van der Waals surface area contributed by atoms with E-state index in [9.17, 15) is 9.90 Å². The van der Waals surface area contributed by atoms with E-state index in [2.05, 4.69) is 0 Å². The number of hydrogen-bond donors (Lipinski definition) is 1. The predicted molar refractivity (Wildman–Crippen MR) is 75.0 cm³/mol. The van der Waals surface area contributed by atoms with E-state index in [0.717, 1.165) is 11.3 Å². The van der Waals surface area contributed by atoms with Crippen LogP contribution in [-0.2, 0) is 9.53 Å². The van der Waals surface area contributed by atoms with Gasteiger partial charge in [-0.2, -0.15) is 0 Å². The van der Waals surface area contributed by atoms with Gasteiger partial charge >= 0.3 is 5.97 Å². The number of rotatable bonds is 5. The second-order valence-electron chi connectivity index (χ2n) is 4.84. The Morgan fingerprint density at radius 1 is 1.50 bits per heavy atom. The summed E-state index contributed by atoms with van der Waals surface area (Å²) in [5.74, 6) is 0.00250. The molecule has 1 aromatic rings. The molecule has 1 fully saturated rings. The fourth-order valence-electron chi connectivity index (χ4n) is 2.49. The summed E-state index contributed by atoms with van der Waals surface area (Å²) >= 11 is 0. The zero-order valence-corrected chi connectivity index (χ0v) is 11.9. The Morgan fingerprint density at radius 3 is 2.80 bits per heavy atom. The van der Waals surface area contributed by atoms with Crippen LogP contribution in [0, 0.1) is 0 Å². The van der Waals surface area contributed by atoms with Crippen LogP contribution in [0.25, 0.3) is 0 Å². The third kappa shape index (κ3) is 3.29. The van der Waals surface area contributed by atoms with Crippen LogP contribution >= 0.6 is 0 Å². The van der Waals surface area contributed by atoms with Gasteiger partial charge in [-0.1, -0.05) is 12.1 Å². The Morgan fingerprint density at radius 2 is 2.20 bits per heavy atom. The lowest BCUT2D eigenvalue weighted by Crippen LogP contribution is -2.50. The van der Waals surface area contributed by atoms with Gasteiger partial charge in [-0.3, -0.25) is 9.69 Å². The number of hydrogen-bond acceptors (Lipinski definition) is 4. The highest BCUT2D eigenvalue weighted by molar-refractivity contribution is 5.73. The summed E-state index contributed by atoms with van der Waals surface area (Å²) in [6.45, 7) is 6.06. The van der Waals surface area contributed by atoms with Crippen molar-refractivity contribution in [1.82, 2.24) is 4.90 Å². The molecular formula is C15H21NO4. The molecule has 2 rings (SSSR count). The van der Waals surface area contributed by atoms with E-state index < -0.39 is 12.0 Å². The van der Waals surface area contributed by atoms with Crippen molar-refractivity contribution >= 4 is 5.97 Å².